The van der Waals surface area contributed by atoms with Crippen LogP contribution in [0.4, 0.5) is 19.0 Å². The molecule has 4 rings (SSSR count). The van der Waals surface area contributed by atoms with Gasteiger partial charge in [-0.15, -0.1) is 0 Å². The highest BCUT2D eigenvalue weighted by molar-refractivity contribution is 6.02. The smallest absolute Gasteiger partial charge is 0.304 e. The summed E-state index contributed by atoms with van der Waals surface area (Å²) in [7, 11) is 0. The first-order chi connectivity index (χ1) is 15.4. The summed E-state index contributed by atoms with van der Waals surface area (Å²) in [4.78, 5) is 17.0. The number of rotatable bonds is 4. The van der Waals surface area contributed by atoms with E-state index < -0.39 is 23.2 Å². The van der Waals surface area contributed by atoms with Gasteiger partial charge in [-0.3, -0.25) is 9.48 Å². The second kappa shape index (κ2) is 8.02. The van der Waals surface area contributed by atoms with Gasteiger partial charge in [0.25, 0.3) is 5.91 Å². The molecular weight excluding hydrogens is 433 g/mol. The summed E-state index contributed by atoms with van der Waals surface area (Å²) in [6, 6.07) is 11.7. The average molecular weight is 456 g/mol. The van der Waals surface area contributed by atoms with Crippen LogP contribution in [0.2, 0.25) is 0 Å². The lowest BCUT2D eigenvalue weighted by Gasteiger charge is -2.19. The molecule has 3 aromatic heterocycles. The average Bonchev–Trinajstić information content (AvgIpc) is 3.34. The van der Waals surface area contributed by atoms with Crippen molar-refractivity contribution in [3.63, 3.8) is 0 Å². The van der Waals surface area contributed by atoms with Gasteiger partial charge in [0.2, 0.25) is 0 Å². The number of nitrogens with zero attached hydrogens (tertiary/aromatic N) is 5. The third-order valence-electron chi connectivity index (χ3n) is 5.19. The zero-order chi connectivity index (χ0) is 24.0. The van der Waals surface area contributed by atoms with Gasteiger partial charge in [-0.1, -0.05) is 45.0 Å². The van der Waals surface area contributed by atoms with Gasteiger partial charge in [-0.2, -0.15) is 23.4 Å². The number of carbonyl (C=O) groups excluding carboxylic acids is 1. The van der Waals surface area contributed by atoms with Crippen molar-refractivity contribution >= 4 is 17.4 Å². The number of hydrogen-bond donors (Lipinski definition) is 1. The highest BCUT2D eigenvalue weighted by Crippen LogP contribution is 2.32. The summed E-state index contributed by atoms with van der Waals surface area (Å²) >= 11 is 0. The van der Waals surface area contributed by atoms with Crippen LogP contribution in [0.3, 0.4) is 0 Å². The van der Waals surface area contributed by atoms with Crippen molar-refractivity contribution < 1.29 is 18.0 Å². The van der Waals surface area contributed by atoms with Crippen molar-refractivity contribution in [2.75, 3.05) is 5.32 Å². The van der Waals surface area contributed by atoms with E-state index in [0.29, 0.717) is 11.1 Å². The van der Waals surface area contributed by atoms with E-state index in [1.54, 1.807) is 37.7 Å². The van der Waals surface area contributed by atoms with E-state index in [4.69, 9.17) is 0 Å². The Morgan fingerprint density at radius 1 is 1.06 bits per heavy atom. The molecule has 10 heteroatoms. The molecule has 4 aromatic rings. The normalized spacial score (nSPS) is 12.3. The molecule has 0 spiro atoms. The molecule has 7 nitrogen and oxygen atoms in total. The number of amides is 1. The monoisotopic (exact) mass is 456 g/mol. The first-order valence-corrected chi connectivity index (χ1v) is 10.3. The number of benzene rings is 1. The molecule has 0 aliphatic carbocycles. The molecule has 0 bridgehead atoms. The quantitative estimate of drug-likeness (QED) is 0.476. The maximum Gasteiger partial charge on any atom is 0.433 e. The van der Waals surface area contributed by atoms with E-state index in [0.717, 1.165) is 17.2 Å². The van der Waals surface area contributed by atoms with Crippen molar-refractivity contribution in [3.05, 3.63) is 76.9 Å². The molecule has 0 radical (unpaired) electrons. The Balaban J connectivity index is 1.60. The Kier molecular flexibility index (Phi) is 5.47. The lowest BCUT2D eigenvalue weighted by Crippen LogP contribution is -2.20. The number of alkyl halides is 3. The van der Waals surface area contributed by atoms with Gasteiger partial charge in [0.05, 0.1) is 12.2 Å². The van der Waals surface area contributed by atoms with E-state index in [2.05, 4.69) is 20.5 Å². The Labute approximate surface area is 188 Å². The molecule has 0 unspecified atom stereocenters. The second-order valence-electron chi connectivity index (χ2n) is 8.85. The fourth-order valence-corrected chi connectivity index (χ4v) is 3.33. The first kappa shape index (κ1) is 22.5. The maximum absolute atomic E-state index is 13.7. The zero-order valence-electron chi connectivity index (χ0n) is 18.6. The highest BCUT2D eigenvalue weighted by Gasteiger charge is 2.36. The number of hydrogen-bond acceptors (Lipinski definition) is 4. The van der Waals surface area contributed by atoms with Crippen LogP contribution in [0.5, 0.6) is 0 Å². The SMILES string of the molecule is Cc1ccccc1Cn1ccc(NC(=O)c2cc3nc(C(C)(C)C)cc(C(F)(F)F)n3n2)n1. The number of fused-ring (bicyclic) bond motifs is 1. The molecule has 172 valence electrons. The van der Waals surface area contributed by atoms with Gasteiger partial charge in [-0.25, -0.2) is 9.50 Å². The van der Waals surface area contributed by atoms with Gasteiger partial charge >= 0.3 is 6.18 Å². The predicted molar refractivity (Wildman–Crippen MR) is 117 cm³/mol. The van der Waals surface area contributed by atoms with Crippen LogP contribution in [0.15, 0.2) is 48.7 Å². The molecule has 0 aliphatic heterocycles. The van der Waals surface area contributed by atoms with Crippen molar-refractivity contribution in [1.82, 2.24) is 24.4 Å². The number of halogens is 3. The summed E-state index contributed by atoms with van der Waals surface area (Å²) in [6.45, 7) is 7.82. The summed E-state index contributed by atoms with van der Waals surface area (Å²) in [5.41, 5.74) is 0.615. The predicted octanol–water partition coefficient (Wildman–Crippen LogP) is 4.85. The molecule has 0 saturated carbocycles. The molecule has 0 atom stereocenters. The molecule has 0 aliphatic rings. The summed E-state index contributed by atoms with van der Waals surface area (Å²) in [6.07, 6.45) is -2.94. The van der Waals surface area contributed by atoms with Gasteiger partial charge in [0.15, 0.2) is 17.2 Å². The molecule has 1 N–H and O–H groups in total. The van der Waals surface area contributed by atoms with Crippen LogP contribution < -0.4 is 5.32 Å². The lowest BCUT2D eigenvalue weighted by molar-refractivity contribution is -0.142. The molecule has 1 amide bonds. The van der Waals surface area contributed by atoms with Crippen molar-refractivity contribution in [1.29, 1.82) is 0 Å². The van der Waals surface area contributed by atoms with Crippen molar-refractivity contribution in [2.45, 2.75) is 45.8 Å². The Morgan fingerprint density at radius 2 is 1.79 bits per heavy atom. The van der Waals surface area contributed by atoms with Gasteiger partial charge < -0.3 is 5.32 Å². The number of nitrogens with one attached hydrogen (secondary N) is 1. The minimum atomic E-state index is -4.66. The van der Waals surface area contributed by atoms with Crippen LogP contribution in [0, 0.1) is 6.92 Å². The molecule has 0 fully saturated rings. The van der Waals surface area contributed by atoms with Gasteiger partial charge in [0.1, 0.15) is 5.69 Å². The van der Waals surface area contributed by atoms with E-state index in [1.165, 1.54) is 6.07 Å². The van der Waals surface area contributed by atoms with Crippen LogP contribution >= 0.6 is 0 Å². The molecule has 3 heterocycles. The van der Waals surface area contributed by atoms with Crippen LogP contribution in [-0.4, -0.2) is 30.3 Å². The van der Waals surface area contributed by atoms with E-state index in [9.17, 15) is 18.0 Å². The second-order valence-corrected chi connectivity index (χ2v) is 8.85. The zero-order valence-corrected chi connectivity index (χ0v) is 18.6. The number of aromatic nitrogens is 5. The largest absolute Gasteiger partial charge is 0.433 e. The summed E-state index contributed by atoms with van der Waals surface area (Å²) in [5, 5.41) is 10.8. The Morgan fingerprint density at radius 3 is 2.45 bits per heavy atom. The first-order valence-electron chi connectivity index (χ1n) is 10.3. The van der Waals surface area contributed by atoms with Crippen molar-refractivity contribution in [2.24, 2.45) is 0 Å². The topological polar surface area (TPSA) is 77.1 Å². The van der Waals surface area contributed by atoms with Crippen LogP contribution in [0.25, 0.3) is 5.65 Å². The van der Waals surface area contributed by atoms with E-state index in [1.807, 2.05) is 31.2 Å². The number of carbonyl (C=O) groups is 1. The molecule has 0 saturated heterocycles. The van der Waals surface area contributed by atoms with Gasteiger partial charge in [-0.05, 0) is 24.1 Å². The molecule has 33 heavy (non-hydrogen) atoms. The standard InChI is InChI=1S/C23H23F3N6O/c1-14-7-5-6-8-15(14)13-31-10-9-19(30-31)28-21(33)16-11-20-27-17(22(2,3)4)12-18(23(24,25)26)32(20)29-16/h5-12H,13H2,1-4H3,(H,28,30,33). The Bertz CT molecular complexity index is 1330. The summed E-state index contributed by atoms with van der Waals surface area (Å²) < 4.78 is 43.3. The summed E-state index contributed by atoms with van der Waals surface area (Å²) in [5.74, 6) is -0.405. The fourth-order valence-electron chi connectivity index (χ4n) is 3.33. The van der Waals surface area contributed by atoms with Crippen LogP contribution in [0.1, 0.15) is 53.8 Å². The third kappa shape index (κ3) is 4.74. The molecule has 1 aromatic carbocycles. The third-order valence-corrected chi connectivity index (χ3v) is 5.19. The minimum absolute atomic E-state index is 0.0509. The van der Waals surface area contributed by atoms with Crippen LogP contribution in [-0.2, 0) is 18.1 Å². The van der Waals surface area contributed by atoms with Gasteiger partial charge in [0, 0.05) is 23.7 Å². The fraction of sp³-hybridized carbons (Fsp3) is 0.304. The maximum atomic E-state index is 13.7. The molecular formula is C23H23F3N6O. The van der Waals surface area contributed by atoms with E-state index in [-0.39, 0.29) is 22.9 Å². The Hall–Kier alpha value is -3.69. The van der Waals surface area contributed by atoms with Crippen molar-refractivity contribution in [3.8, 4) is 0 Å². The highest BCUT2D eigenvalue weighted by atomic mass is 19.4. The number of anilines is 1. The number of aryl methyl sites for hydroxylation is 1. The lowest BCUT2D eigenvalue weighted by atomic mass is 9.91. The van der Waals surface area contributed by atoms with E-state index >= 15 is 0 Å². The minimum Gasteiger partial charge on any atom is -0.304 e.